The van der Waals surface area contributed by atoms with Crippen LogP contribution in [0.5, 0.6) is 23.0 Å². The van der Waals surface area contributed by atoms with Gasteiger partial charge in [0, 0.05) is 12.5 Å². The van der Waals surface area contributed by atoms with Crippen molar-refractivity contribution in [1.29, 1.82) is 0 Å². The predicted octanol–water partition coefficient (Wildman–Crippen LogP) is 4.12. The van der Waals surface area contributed by atoms with Crippen LogP contribution in [-0.2, 0) is 0 Å². The largest absolute Gasteiger partial charge is 0.493 e. The molecule has 0 saturated carbocycles. The third-order valence-corrected chi connectivity index (χ3v) is 5.24. The molecule has 0 unspecified atom stereocenters. The fourth-order valence-corrected chi connectivity index (χ4v) is 3.39. The van der Waals surface area contributed by atoms with Crippen molar-refractivity contribution in [2.45, 2.75) is 19.8 Å². The van der Waals surface area contributed by atoms with Gasteiger partial charge in [-0.15, -0.1) is 0 Å². The number of hydrogen-bond donors (Lipinski definition) is 1. The lowest BCUT2D eigenvalue weighted by Gasteiger charge is -2.30. The van der Waals surface area contributed by atoms with E-state index >= 15 is 0 Å². The standard InChI is InChI=1S/C22H30O5/c1-14(13-23)15(2)22(16-7-9-18(24-3)20(11-16)26-5)17-8-10-19(25-4)21(12-17)27-6/h7-12,14-15,22-23H,13H2,1-6H3/t14-,15+/m1/s1. The van der Waals surface area contributed by atoms with Crippen LogP contribution in [0.15, 0.2) is 36.4 Å². The Bertz CT molecular complexity index is 688. The number of methoxy groups -OCH3 is 4. The number of benzene rings is 2. The summed E-state index contributed by atoms with van der Waals surface area (Å²) < 4.78 is 21.7. The summed E-state index contributed by atoms with van der Waals surface area (Å²) in [5, 5.41) is 9.72. The van der Waals surface area contributed by atoms with Crippen molar-refractivity contribution < 1.29 is 24.1 Å². The molecule has 0 spiro atoms. The molecule has 27 heavy (non-hydrogen) atoms. The van der Waals surface area contributed by atoms with Gasteiger partial charge in [0.2, 0.25) is 0 Å². The molecule has 2 aromatic carbocycles. The quantitative estimate of drug-likeness (QED) is 0.716. The highest BCUT2D eigenvalue weighted by Gasteiger charge is 2.27. The Morgan fingerprint density at radius 3 is 1.44 bits per heavy atom. The summed E-state index contributed by atoms with van der Waals surface area (Å²) in [6, 6.07) is 11.9. The maximum atomic E-state index is 9.72. The maximum absolute atomic E-state index is 9.72. The molecule has 0 aliphatic heterocycles. The van der Waals surface area contributed by atoms with Crippen molar-refractivity contribution in [3.8, 4) is 23.0 Å². The van der Waals surface area contributed by atoms with Gasteiger partial charge in [0.15, 0.2) is 23.0 Å². The Kier molecular flexibility index (Phi) is 7.36. The summed E-state index contributed by atoms with van der Waals surface area (Å²) in [6.07, 6.45) is 0. The lowest BCUT2D eigenvalue weighted by Crippen LogP contribution is -2.21. The minimum atomic E-state index is 0.0479. The number of aliphatic hydroxyl groups is 1. The summed E-state index contributed by atoms with van der Waals surface area (Å²) >= 11 is 0. The molecule has 5 heteroatoms. The van der Waals surface area contributed by atoms with Crippen LogP contribution in [0, 0.1) is 11.8 Å². The predicted molar refractivity (Wildman–Crippen MR) is 106 cm³/mol. The van der Waals surface area contributed by atoms with Gasteiger partial charge in [0.05, 0.1) is 28.4 Å². The van der Waals surface area contributed by atoms with Gasteiger partial charge < -0.3 is 24.1 Å². The van der Waals surface area contributed by atoms with Gasteiger partial charge in [-0.25, -0.2) is 0 Å². The number of aliphatic hydroxyl groups excluding tert-OH is 1. The fourth-order valence-electron chi connectivity index (χ4n) is 3.39. The second-order valence-corrected chi connectivity index (χ2v) is 6.73. The van der Waals surface area contributed by atoms with Gasteiger partial charge >= 0.3 is 0 Å². The van der Waals surface area contributed by atoms with E-state index in [2.05, 4.69) is 13.8 Å². The van der Waals surface area contributed by atoms with E-state index in [9.17, 15) is 5.11 Å². The molecule has 0 amide bonds. The summed E-state index contributed by atoms with van der Waals surface area (Å²) in [5.41, 5.74) is 2.18. The zero-order chi connectivity index (χ0) is 20.0. The minimum absolute atomic E-state index is 0.0479. The number of ether oxygens (including phenoxy) is 4. The van der Waals surface area contributed by atoms with Gasteiger partial charge in [-0.05, 0) is 47.2 Å². The summed E-state index contributed by atoms with van der Waals surface area (Å²) in [5.74, 6) is 3.10. The van der Waals surface area contributed by atoms with Gasteiger partial charge in [-0.3, -0.25) is 0 Å². The normalized spacial score (nSPS) is 13.2. The number of hydrogen-bond acceptors (Lipinski definition) is 5. The van der Waals surface area contributed by atoms with Gasteiger partial charge in [0.1, 0.15) is 0 Å². The second-order valence-electron chi connectivity index (χ2n) is 6.73. The van der Waals surface area contributed by atoms with Crippen molar-refractivity contribution in [3.63, 3.8) is 0 Å². The highest BCUT2D eigenvalue weighted by atomic mass is 16.5. The van der Waals surface area contributed by atoms with Crippen molar-refractivity contribution in [1.82, 2.24) is 0 Å². The number of rotatable bonds is 9. The smallest absolute Gasteiger partial charge is 0.161 e. The van der Waals surface area contributed by atoms with Crippen molar-refractivity contribution >= 4 is 0 Å². The Labute approximate surface area is 161 Å². The van der Waals surface area contributed by atoms with Crippen molar-refractivity contribution in [3.05, 3.63) is 47.5 Å². The van der Waals surface area contributed by atoms with Crippen LogP contribution in [0.1, 0.15) is 30.9 Å². The first kappa shape index (κ1) is 20.9. The van der Waals surface area contributed by atoms with Crippen molar-refractivity contribution in [2.24, 2.45) is 11.8 Å². The van der Waals surface area contributed by atoms with E-state index in [4.69, 9.17) is 18.9 Å². The molecule has 0 aromatic heterocycles. The van der Waals surface area contributed by atoms with Crippen LogP contribution in [-0.4, -0.2) is 40.2 Å². The van der Waals surface area contributed by atoms with Crippen LogP contribution in [0.2, 0.25) is 0 Å². The van der Waals surface area contributed by atoms with Gasteiger partial charge in [-0.1, -0.05) is 26.0 Å². The SMILES string of the molecule is COc1ccc(C(c2ccc(OC)c(OC)c2)[C@@H](C)[C@H](C)CO)cc1OC. The molecule has 5 nitrogen and oxygen atoms in total. The van der Waals surface area contributed by atoms with Crippen molar-refractivity contribution in [2.75, 3.05) is 35.0 Å². The molecule has 0 aliphatic carbocycles. The Morgan fingerprint density at radius 2 is 1.11 bits per heavy atom. The van der Waals surface area contributed by atoms with Crippen LogP contribution in [0.25, 0.3) is 0 Å². The molecule has 2 atom stereocenters. The molecular weight excluding hydrogens is 344 g/mol. The van der Waals surface area contributed by atoms with Crippen LogP contribution >= 0.6 is 0 Å². The molecule has 0 fully saturated rings. The van der Waals surface area contributed by atoms with Gasteiger partial charge in [0.25, 0.3) is 0 Å². The molecule has 0 heterocycles. The molecule has 2 rings (SSSR count). The molecule has 0 saturated heterocycles. The summed E-state index contributed by atoms with van der Waals surface area (Å²) in [6.45, 7) is 4.33. The van der Waals surface area contributed by atoms with E-state index in [0.29, 0.717) is 23.0 Å². The minimum Gasteiger partial charge on any atom is -0.493 e. The fraction of sp³-hybridized carbons (Fsp3) is 0.455. The summed E-state index contributed by atoms with van der Waals surface area (Å²) in [4.78, 5) is 0. The highest BCUT2D eigenvalue weighted by Crippen LogP contribution is 2.42. The molecule has 1 N–H and O–H groups in total. The average molecular weight is 374 g/mol. The molecule has 0 aliphatic rings. The Hall–Kier alpha value is -2.40. The van der Waals surface area contributed by atoms with E-state index in [1.54, 1.807) is 28.4 Å². The first-order valence-corrected chi connectivity index (χ1v) is 9.05. The van der Waals surface area contributed by atoms with Crippen LogP contribution < -0.4 is 18.9 Å². The first-order chi connectivity index (χ1) is 13.0. The maximum Gasteiger partial charge on any atom is 0.161 e. The Balaban J connectivity index is 2.59. The monoisotopic (exact) mass is 374 g/mol. The lowest BCUT2D eigenvalue weighted by molar-refractivity contribution is 0.186. The van der Waals surface area contributed by atoms with Crippen LogP contribution in [0.4, 0.5) is 0 Å². The van der Waals surface area contributed by atoms with Crippen LogP contribution in [0.3, 0.4) is 0 Å². The van der Waals surface area contributed by atoms with E-state index in [1.165, 1.54) is 0 Å². The Morgan fingerprint density at radius 1 is 0.704 bits per heavy atom. The van der Waals surface area contributed by atoms with E-state index in [1.807, 2.05) is 36.4 Å². The zero-order valence-electron chi connectivity index (χ0n) is 17.0. The molecule has 2 aromatic rings. The van der Waals surface area contributed by atoms with E-state index in [-0.39, 0.29) is 24.4 Å². The first-order valence-electron chi connectivity index (χ1n) is 9.05. The second kappa shape index (κ2) is 9.51. The molecule has 0 radical (unpaired) electrons. The zero-order valence-corrected chi connectivity index (χ0v) is 17.0. The molecule has 0 bridgehead atoms. The third kappa shape index (κ3) is 4.48. The average Bonchev–Trinajstić information content (AvgIpc) is 2.72. The topological polar surface area (TPSA) is 57.2 Å². The van der Waals surface area contributed by atoms with E-state index in [0.717, 1.165) is 11.1 Å². The molecular formula is C22H30O5. The molecule has 148 valence electrons. The van der Waals surface area contributed by atoms with Gasteiger partial charge in [-0.2, -0.15) is 0 Å². The lowest BCUT2D eigenvalue weighted by atomic mass is 9.76. The highest BCUT2D eigenvalue weighted by molar-refractivity contribution is 5.49. The summed E-state index contributed by atoms with van der Waals surface area (Å²) in [7, 11) is 6.51. The third-order valence-electron chi connectivity index (χ3n) is 5.24. The van der Waals surface area contributed by atoms with E-state index < -0.39 is 0 Å².